The number of nitrogens with zero attached hydrogens (tertiary/aromatic N) is 1. The van der Waals surface area contributed by atoms with Crippen molar-refractivity contribution in [2.45, 2.75) is 25.3 Å². The summed E-state index contributed by atoms with van der Waals surface area (Å²) in [5.41, 5.74) is 1.60. The largest absolute Gasteiger partial charge is 0.481 e. The highest BCUT2D eigenvalue weighted by molar-refractivity contribution is 7.11. The van der Waals surface area contributed by atoms with E-state index in [0.29, 0.717) is 17.7 Å². The molecule has 0 saturated heterocycles. The smallest absolute Gasteiger partial charge is 0.306 e. The third-order valence-corrected chi connectivity index (χ3v) is 3.55. The van der Waals surface area contributed by atoms with Crippen LogP contribution in [0.2, 0.25) is 0 Å². The zero-order valence-corrected chi connectivity index (χ0v) is 9.37. The molecule has 0 aromatic carbocycles. The average molecular weight is 240 g/mol. The van der Waals surface area contributed by atoms with Gasteiger partial charge in [0.25, 0.3) is 5.91 Å². The van der Waals surface area contributed by atoms with Crippen LogP contribution in [0.1, 0.15) is 28.9 Å². The fraction of sp³-hybridized carbons (Fsp3) is 0.500. The van der Waals surface area contributed by atoms with Crippen LogP contribution in [0.15, 0.2) is 11.7 Å². The molecule has 1 heterocycles. The molecular weight excluding hydrogens is 228 g/mol. The van der Waals surface area contributed by atoms with Crippen molar-refractivity contribution in [3.63, 3.8) is 0 Å². The Bertz CT molecular complexity index is 391. The maximum atomic E-state index is 11.7. The molecule has 2 N–H and O–H groups in total. The Morgan fingerprint density at radius 1 is 1.50 bits per heavy atom. The van der Waals surface area contributed by atoms with E-state index in [4.69, 9.17) is 5.11 Å². The maximum Gasteiger partial charge on any atom is 0.306 e. The fourth-order valence-electron chi connectivity index (χ4n) is 1.92. The molecule has 1 aromatic heterocycles. The lowest BCUT2D eigenvalue weighted by Crippen LogP contribution is -2.32. The molecule has 0 spiro atoms. The molecule has 86 valence electrons. The Kier molecular flexibility index (Phi) is 3.19. The van der Waals surface area contributed by atoms with Crippen LogP contribution in [0.4, 0.5) is 0 Å². The first kappa shape index (κ1) is 11.1. The summed E-state index contributed by atoms with van der Waals surface area (Å²) < 4.78 is 0. The van der Waals surface area contributed by atoms with Crippen LogP contribution in [0.3, 0.4) is 0 Å². The third-order valence-electron chi connectivity index (χ3n) is 2.77. The number of thiazole rings is 1. The van der Waals surface area contributed by atoms with Crippen LogP contribution in [0, 0.1) is 5.92 Å². The zero-order chi connectivity index (χ0) is 11.5. The second-order valence-electron chi connectivity index (χ2n) is 3.88. The van der Waals surface area contributed by atoms with Gasteiger partial charge in [-0.15, -0.1) is 11.3 Å². The summed E-state index contributed by atoms with van der Waals surface area (Å²) >= 11 is 1.28. The van der Waals surface area contributed by atoms with E-state index in [1.54, 1.807) is 5.51 Å². The van der Waals surface area contributed by atoms with Crippen LogP contribution in [0.25, 0.3) is 0 Å². The molecule has 2 atom stereocenters. The second kappa shape index (κ2) is 4.61. The summed E-state index contributed by atoms with van der Waals surface area (Å²) in [4.78, 5) is 26.8. The van der Waals surface area contributed by atoms with Gasteiger partial charge in [0.1, 0.15) is 4.88 Å². The number of hydrogen-bond acceptors (Lipinski definition) is 4. The normalized spacial score (nSPS) is 24.2. The number of amides is 1. The predicted octanol–water partition coefficient (Wildman–Crippen LogP) is 1.13. The summed E-state index contributed by atoms with van der Waals surface area (Å²) in [6, 6.07) is -0.0179. The number of rotatable bonds is 3. The van der Waals surface area contributed by atoms with Crippen molar-refractivity contribution in [1.82, 2.24) is 10.3 Å². The molecule has 1 saturated carbocycles. The highest BCUT2D eigenvalue weighted by Crippen LogP contribution is 2.25. The topological polar surface area (TPSA) is 79.3 Å². The van der Waals surface area contributed by atoms with E-state index >= 15 is 0 Å². The van der Waals surface area contributed by atoms with Crippen LogP contribution in [0.5, 0.6) is 0 Å². The number of carbonyl (C=O) groups excluding carboxylic acids is 1. The van der Waals surface area contributed by atoms with Gasteiger partial charge < -0.3 is 10.4 Å². The lowest BCUT2D eigenvalue weighted by Gasteiger charge is -2.10. The minimum atomic E-state index is -0.769. The summed E-state index contributed by atoms with van der Waals surface area (Å²) in [7, 11) is 0. The predicted molar refractivity (Wildman–Crippen MR) is 58.3 cm³/mol. The highest BCUT2D eigenvalue weighted by atomic mass is 32.1. The lowest BCUT2D eigenvalue weighted by molar-refractivity contribution is -0.141. The van der Waals surface area contributed by atoms with E-state index in [2.05, 4.69) is 10.3 Å². The number of aromatic nitrogens is 1. The molecule has 0 aliphatic heterocycles. The van der Waals surface area contributed by atoms with Crippen molar-refractivity contribution >= 4 is 23.2 Å². The van der Waals surface area contributed by atoms with Gasteiger partial charge in [0.2, 0.25) is 0 Å². The van der Waals surface area contributed by atoms with Gasteiger partial charge >= 0.3 is 5.97 Å². The Morgan fingerprint density at radius 2 is 2.31 bits per heavy atom. The Morgan fingerprint density at radius 3 is 2.88 bits per heavy atom. The van der Waals surface area contributed by atoms with E-state index in [-0.39, 0.29) is 17.9 Å². The minimum absolute atomic E-state index is 0.0179. The Hall–Kier alpha value is -1.43. The zero-order valence-electron chi connectivity index (χ0n) is 8.55. The quantitative estimate of drug-likeness (QED) is 0.830. The molecule has 1 fully saturated rings. The van der Waals surface area contributed by atoms with Crippen molar-refractivity contribution in [2.75, 3.05) is 0 Å². The molecular formula is C10H12N2O3S. The van der Waals surface area contributed by atoms with Crippen LogP contribution in [-0.2, 0) is 4.79 Å². The molecule has 6 heteroatoms. The number of carboxylic acid groups (broad SMARTS) is 1. The summed E-state index contributed by atoms with van der Waals surface area (Å²) in [5, 5.41) is 11.7. The second-order valence-corrected chi connectivity index (χ2v) is 4.77. The number of nitrogens with one attached hydrogen (secondary N) is 1. The third kappa shape index (κ3) is 2.38. The number of aliphatic carboxylic acids is 1. The van der Waals surface area contributed by atoms with Crippen molar-refractivity contribution in [1.29, 1.82) is 0 Å². The number of carbonyl (C=O) groups is 2. The molecule has 2 rings (SSSR count). The lowest BCUT2D eigenvalue weighted by atomic mass is 10.1. The summed E-state index contributed by atoms with van der Waals surface area (Å²) in [5.74, 6) is -1.24. The number of carboxylic acids is 1. The van der Waals surface area contributed by atoms with Gasteiger partial charge in [-0.05, 0) is 19.3 Å². The highest BCUT2D eigenvalue weighted by Gasteiger charge is 2.30. The molecule has 5 nitrogen and oxygen atoms in total. The van der Waals surface area contributed by atoms with E-state index in [0.717, 1.165) is 6.42 Å². The fourth-order valence-corrected chi connectivity index (χ4v) is 2.44. The molecule has 1 amide bonds. The average Bonchev–Trinajstić information content (AvgIpc) is 2.87. The van der Waals surface area contributed by atoms with E-state index in [9.17, 15) is 9.59 Å². The van der Waals surface area contributed by atoms with Gasteiger partial charge in [0.05, 0.1) is 17.6 Å². The van der Waals surface area contributed by atoms with Gasteiger partial charge in [0.15, 0.2) is 0 Å². The van der Waals surface area contributed by atoms with Gasteiger partial charge in [-0.3, -0.25) is 14.6 Å². The molecule has 1 aliphatic carbocycles. The molecule has 0 bridgehead atoms. The van der Waals surface area contributed by atoms with Gasteiger partial charge in [0, 0.05) is 6.04 Å². The summed E-state index contributed by atoms with van der Waals surface area (Å²) in [6.45, 7) is 0. The van der Waals surface area contributed by atoms with E-state index in [1.165, 1.54) is 17.5 Å². The monoisotopic (exact) mass is 240 g/mol. The van der Waals surface area contributed by atoms with Crippen molar-refractivity contribution < 1.29 is 14.7 Å². The van der Waals surface area contributed by atoms with Gasteiger partial charge in [-0.1, -0.05) is 0 Å². The first-order valence-corrected chi connectivity index (χ1v) is 5.97. The molecule has 1 aliphatic rings. The molecule has 1 aromatic rings. The molecule has 0 radical (unpaired) electrons. The SMILES string of the molecule is O=C(NC1CCC(C(=O)O)C1)c1cncs1. The maximum absolute atomic E-state index is 11.7. The van der Waals surface area contributed by atoms with Crippen LogP contribution in [-0.4, -0.2) is 28.0 Å². The van der Waals surface area contributed by atoms with Crippen LogP contribution >= 0.6 is 11.3 Å². The summed E-state index contributed by atoms with van der Waals surface area (Å²) in [6.07, 6.45) is 3.42. The Labute approximate surface area is 96.5 Å². The van der Waals surface area contributed by atoms with E-state index in [1.807, 2.05) is 0 Å². The minimum Gasteiger partial charge on any atom is -0.481 e. The first-order chi connectivity index (χ1) is 7.66. The van der Waals surface area contributed by atoms with Crippen molar-refractivity contribution in [3.05, 3.63) is 16.6 Å². The van der Waals surface area contributed by atoms with E-state index < -0.39 is 5.97 Å². The van der Waals surface area contributed by atoms with Crippen molar-refractivity contribution in [3.8, 4) is 0 Å². The standard InChI is InChI=1S/C10H12N2O3S/c13-9(8-4-11-5-16-8)12-7-2-1-6(3-7)10(14)15/h4-7H,1-3H2,(H,12,13)(H,14,15). The van der Waals surface area contributed by atoms with Crippen LogP contribution < -0.4 is 5.32 Å². The first-order valence-electron chi connectivity index (χ1n) is 5.09. The molecule has 2 unspecified atom stereocenters. The van der Waals surface area contributed by atoms with Gasteiger partial charge in [-0.2, -0.15) is 0 Å². The number of hydrogen-bond donors (Lipinski definition) is 2. The van der Waals surface area contributed by atoms with Gasteiger partial charge in [-0.25, -0.2) is 0 Å². The molecule has 16 heavy (non-hydrogen) atoms. The van der Waals surface area contributed by atoms with Crippen molar-refractivity contribution in [2.24, 2.45) is 5.92 Å². The Balaban J connectivity index is 1.88.